The van der Waals surface area contributed by atoms with E-state index in [1.807, 2.05) is 13.8 Å². The molecule has 1 aromatic carbocycles. The van der Waals surface area contributed by atoms with E-state index in [1.54, 1.807) is 12.1 Å². The average Bonchev–Trinajstić information content (AvgIpc) is 3.28. The first-order valence-corrected chi connectivity index (χ1v) is 9.95. The number of nitrogens with zero attached hydrogens (tertiary/aromatic N) is 1. The number of Topliss-reactive ketones (excluding diaryl/α,β-unsaturated/α-hetero) is 1. The van der Waals surface area contributed by atoms with Gasteiger partial charge in [-0.1, -0.05) is 23.2 Å². The third-order valence-electron chi connectivity index (χ3n) is 4.54. The van der Waals surface area contributed by atoms with E-state index in [-0.39, 0.29) is 34.6 Å². The minimum Gasteiger partial charge on any atom is -0.507 e. The molecular weight excluding hydrogens is 417 g/mol. The van der Waals surface area contributed by atoms with Crippen molar-refractivity contribution >= 4 is 40.7 Å². The number of rotatable bonds is 7. The minimum absolute atomic E-state index is 0.0480. The molecule has 154 valence electrons. The number of ketones is 1. The van der Waals surface area contributed by atoms with Crippen LogP contribution in [0.25, 0.3) is 5.76 Å². The number of aliphatic hydroxyl groups is 1. The molecule has 0 spiro atoms. The summed E-state index contributed by atoms with van der Waals surface area (Å²) in [5.74, 6) is -1.42. The molecule has 0 saturated carbocycles. The van der Waals surface area contributed by atoms with Crippen molar-refractivity contribution in [2.75, 3.05) is 13.2 Å². The minimum atomic E-state index is -0.835. The van der Waals surface area contributed by atoms with Gasteiger partial charge in [0.15, 0.2) is 0 Å². The summed E-state index contributed by atoms with van der Waals surface area (Å²) >= 11 is 12.0. The fourth-order valence-corrected chi connectivity index (χ4v) is 3.50. The maximum atomic E-state index is 12.8. The molecule has 1 amide bonds. The Hall–Kier alpha value is -2.28. The molecule has 1 fully saturated rings. The maximum Gasteiger partial charge on any atom is 0.295 e. The first-order chi connectivity index (χ1) is 13.8. The van der Waals surface area contributed by atoms with Crippen LogP contribution in [0.5, 0.6) is 0 Å². The molecule has 0 aliphatic carbocycles. The molecule has 29 heavy (non-hydrogen) atoms. The van der Waals surface area contributed by atoms with E-state index < -0.39 is 17.7 Å². The molecule has 1 aliphatic heterocycles. The van der Waals surface area contributed by atoms with Gasteiger partial charge in [0.05, 0.1) is 28.0 Å². The van der Waals surface area contributed by atoms with Crippen molar-refractivity contribution in [2.24, 2.45) is 0 Å². The number of aliphatic hydroxyl groups excluding tert-OH is 1. The topological polar surface area (TPSA) is 80.0 Å². The fraction of sp³-hybridized carbons (Fsp3) is 0.333. The molecule has 1 atom stereocenters. The highest BCUT2D eigenvalue weighted by Gasteiger charge is 2.47. The molecule has 3 rings (SSSR count). The lowest BCUT2D eigenvalue weighted by molar-refractivity contribution is -0.140. The number of furan rings is 1. The Balaban J connectivity index is 1.99. The molecule has 8 heteroatoms. The third kappa shape index (κ3) is 4.50. The summed E-state index contributed by atoms with van der Waals surface area (Å²) in [7, 11) is 0. The van der Waals surface area contributed by atoms with Crippen LogP contribution in [-0.4, -0.2) is 41.0 Å². The van der Waals surface area contributed by atoms with Crippen LogP contribution in [-0.2, 0) is 14.3 Å². The number of hydrogen-bond donors (Lipinski definition) is 1. The number of amides is 1. The number of ether oxygens (including phenoxy) is 1. The van der Waals surface area contributed by atoms with Crippen molar-refractivity contribution in [1.82, 2.24) is 4.90 Å². The highest BCUT2D eigenvalue weighted by Crippen LogP contribution is 2.40. The highest BCUT2D eigenvalue weighted by atomic mass is 35.5. The summed E-state index contributed by atoms with van der Waals surface area (Å²) in [5, 5.41) is 11.4. The third-order valence-corrected chi connectivity index (χ3v) is 5.28. The van der Waals surface area contributed by atoms with E-state index in [9.17, 15) is 14.7 Å². The van der Waals surface area contributed by atoms with Crippen molar-refractivity contribution in [3.05, 3.63) is 63.5 Å². The molecular formula is C21H21Cl2NO5. The van der Waals surface area contributed by atoms with Crippen molar-refractivity contribution in [3.8, 4) is 0 Å². The molecule has 1 N–H and O–H groups in total. The van der Waals surface area contributed by atoms with Crippen molar-refractivity contribution in [1.29, 1.82) is 0 Å². The van der Waals surface area contributed by atoms with Gasteiger partial charge in [0.1, 0.15) is 17.6 Å². The predicted octanol–water partition coefficient (Wildman–Crippen LogP) is 4.82. The normalized spacial score (nSPS) is 18.8. The van der Waals surface area contributed by atoms with E-state index in [0.717, 1.165) is 0 Å². The van der Waals surface area contributed by atoms with E-state index >= 15 is 0 Å². The Labute approximate surface area is 178 Å². The summed E-state index contributed by atoms with van der Waals surface area (Å²) in [5.41, 5.74) is 0.241. The van der Waals surface area contributed by atoms with Crippen molar-refractivity contribution in [3.63, 3.8) is 0 Å². The second-order valence-electron chi connectivity index (χ2n) is 6.91. The zero-order valence-electron chi connectivity index (χ0n) is 16.0. The average molecular weight is 438 g/mol. The van der Waals surface area contributed by atoms with Crippen molar-refractivity contribution in [2.45, 2.75) is 32.4 Å². The van der Waals surface area contributed by atoms with Crippen LogP contribution < -0.4 is 0 Å². The SMILES string of the molecule is CC(C)OCCCN1C(=O)C(=O)/C(=C(\O)c2ccc(Cl)c(Cl)c2)C1c1ccco1. The Kier molecular flexibility index (Phi) is 6.67. The zero-order chi connectivity index (χ0) is 21.1. The lowest BCUT2D eigenvalue weighted by Crippen LogP contribution is -2.31. The first kappa shape index (κ1) is 21.4. The largest absolute Gasteiger partial charge is 0.507 e. The summed E-state index contributed by atoms with van der Waals surface area (Å²) in [6.07, 6.45) is 2.06. The van der Waals surface area contributed by atoms with Gasteiger partial charge in [-0.3, -0.25) is 9.59 Å². The molecule has 6 nitrogen and oxygen atoms in total. The number of benzene rings is 1. The number of likely N-dealkylation sites (tertiary alicyclic amines) is 1. The molecule has 2 aromatic rings. The number of carbonyl (C=O) groups excluding carboxylic acids is 2. The monoisotopic (exact) mass is 437 g/mol. The molecule has 2 heterocycles. The number of halogens is 2. The second-order valence-corrected chi connectivity index (χ2v) is 7.72. The summed E-state index contributed by atoms with van der Waals surface area (Å²) in [6, 6.07) is 6.99. The van der Waals surface area contributed by atoms with Crippen LogP contribution in [0.2, 0.25) is 10.0 Å². The van der Waals surface area contributed by atoms with Gasteiger partial charge < -0.3 is 19.2 Å². The molecule has 0 bridgehead atoms. The Bertz CT molecular complexity index is 937. The van der Waals surface area contributed by atoms with Gasteiger partial charge in [0, 0.05) is 18.7 Å². The predicted molar refractivity (Wildman–Crippen MR) is 110 cm³/mol. The zero-order valence-corrected chi connectivity index (χ0v) is 17.5. The van der Waals surface area contributed by atoms with Gasteiger partial charge in [-0.15, -0.1) is 0 Å². The van der Waals surface area contributed by atoms with E-state index in [4.69, 9.17) is 32.4 Å². The first-order valence-electron chi connectivity index (χ1n) is 9.20. The summed E-state index contributed by atoms with van der Waals surface area (Å²) in [6.45, 7) is 4.57. The van der Waals surface area contributed by atoms with Gasteiger partial charge >= 0.3 is 0 Å². The summed E-state index contributed by atoms with van der Waals surface area (Å²) in [4.78, 5) is 26.9. The standard InChI is InChI=1S/C21H21Cl2NO5/c1-12(2)28-10-4-8-24-18(16-5-3-9-29-16)17(20(26)21(24)27)19(25)13-6-7-14(22)15(23)11-13/h3,5-7,9,11-12,18,25H,4,8,10H2,1-2H3/b19-17-. The van der Waals surface area contributed by atoms with E-state index in [1.165, 1.54) is 29.4 Å². The van der Waals surface area contributed by atoms with Gasteiger partial charge in [-0.05, 0) is 50.6 Å². The fourth-order valence-electron chi connectivity index (χ4n) is 3.21. The molecule has 1 aromatic heterocycles. The smallest absolute Gasteiger partial charge is 0.295 e. The maximum absolute atomic E-state index is 12.8. The Morgan fingerprint density at radius 3 is 2.62 bits per heavy atom. The lowest BCUT2D eigenvalue weighted by atomic mass is 9.99. The van der Waals surface area contributed by atoms with E-state index in [0.29, 0.717) is 23.8 Å². The quantitative estimate of drug-likeness (QED) is 0.290. The van der Waals surface area contributed by atoms with Crippen LogP contribution in [0, 0.1) is 0 Å². The number of carbonyl (C=O) groups is 2. The molecule has 0 radical (unpaired) electrons. The highest BCUT2D eigenvalue weighted by molar-refractivity contribution is 6.46. The van der Waals surface area contributed by atoms with Crippen LogP contribution in [0.4, 0.5) is 0 Å². The van der Waals surface area contributed by atoms with Gasteiger partial charge in [-0.25, -0.2) is 0 Å². The molecule has 1 aliphatic rings. The second kappa shape index (κ2) is 9.03. The van der Waals surface area contributed by atoms with Crippen molar-refractivity contribution < 1.29 is 23.8 Å². The summed E-state index contributed by atoms with van der Waals surface area (Å²) < 4.78 is 11.0. The van der Waals surface area contributed by atoms with Gasteiger partial charge in [0.2, 0.25) is 0 Å². The lowest BCUT2D eigenvalue weighted by Gasteiger charge is -2.23. The number of hydrogen-bond acceptors (Lipinski definition) is 5. The van der Waals surface area contributed by atoms with Gasteiger partial charge in [0.25, 0.3) is 11.7 Å². The van der Waals surface area contributed by atoms with Crippen LogP contribution in [0.3, 0.4) is 0 Å². The Morgan fingerprint density at radius 1 is 1.24 bits per heavy atom. The molecule has 1 unspecified atom stereocenters. The van der Waals surface area contributed by atoms with Crippen LogP contribution >= 0.6 is 23.2 Å². The van der Waals surface area contributed by atoms with E-state index in [2.05, 4.69) is 0 Å². The van der Waals surface area contributed by atoms with Crippen LogP contribution in [0.1, 0.15) is 37.6 Å². The van der Waals surface area contributed by atoms with Gasteiger partial charge in [-0.2, -0.15) is 0 Å². The van der Waals surface area contributed by atoms with Crippen LogP contribution in [0.15, 0.2) is 46.6 Å². The molecule has 1 saturated heterocycles. The Morgan fingerprint density at radius 2 is 2.00 bits per heavy atom.